The number of hydrogen-bond donors (Lipinski definition) is 8. The Labute approximate surface area is 157 Å². The molecule has 28 heavy (non-hydrogen) atoms. The van der Waals surface area contributed by atoms with Crippen molar-refractivity contribution in [2.24, 2.45) is 10.2 Å². The lowest BCUT2D eigenvalue weighted by molar-refractivity contribution is 0.459. The fraction of sp³-hybridized carbons (Fsp3) is 0. The van der Waals surface area contributed by atoms with Gasteiger partial charge in [-0.2, -0.15) is 0 Å². The van der Waals surface area contributed by atoms with E-state index in [9.17, 15) is 10.2 Å². The van der Waals surface area contributed by atoms with Gasteiger partial charge in [0.15, 0.2) is 11.5 Å². The number of hydrazine groups is 1. The number of hydrogen-bond acceptors (Lipinski definition) is 6. The van der Waals surface area contributed by atoms with Gasteiger partial charge in [0.05, 0.1) is 11.0 Å². The predicted octanol–water partition coefficient (Wildman–Crippen LogP) is 3.72. The fourth-order valence-corrected chi connectivity index (χ4v) is 2.80. The molecule has 2 aromatic carbocycles. The Hall–Kier alpha value is -4.34. The van der Waals surface area contributed by atoms with Gasteiger partial charge in [-0.15, -0.1) is 10.2 Å². The summed E-state index contributed by atoms with van der Waals surface area (Å²) in [7, 11) is 0. The number of H-pyrrole nitrogens is 2. The van der Waals surface area contributed by atoms with E-state index in [1.165, 1.54) is 0 Å². The van der Waals surface area contributed by atoms with Gasteiger partial charge in [-0.05, 0) is 12.1 Å². The second-order valence-corrected chi connectivity index (χ2v) is 5.94. The zero-order valence-corrected chi connectivity index (χ0v) is 14.4. The lowest BCUT2D eigenvalue weighted by Gasteiger charge is -2.08. The Balaban J connectivity index is 1.47. The summed E-state index contributed by atoms with van der Waals surface area (Å²) in [4.78, 5) is 5.57. The first kappa shape index (κ1) is 17.1. The zero-order valence-electron chi connectivity index (χ0n) is 14.4. The number of rotatable bonds is 3. The summed E-state index contributed by atoms with van der Waals surface area (Å²) in [5.74, 6) is -1.10. The number of amidine groups is 2. The van der Waals surface area contributed by atoms with E-state index in [-0.39, 0.29) is 23.3 Å². The summed E-state index contributed by atoms with van der Waals surface area (Å²) < 4.78 is 0. The second kappa shape index (κ2) is 6.76. The molecule has 0 aliphatic heterocycles. The molecule has 0 aliphatic carbocycles. The molecule has 0 spiro atoms. The van der Waals surface area contributed by atoms with E-state index in [0.717, 1.165) is 10.9 Å². The Bertz CT molecular complexity index is 1240. The van der Waals surface area contributed by atoms with Crippen LogP contribution in [0, 0.1) is 10.8 Å². The molecule has 0 aliphatic rings. The Morgan fingerprint density at radius 3 is 2.21 bits per heavy atom. The monoisotopic (exact) mass is 376 g/mol. The molecule has 0 unspecified atom stereocenters. The first-order valence-corrected chi connectivity index (χ1v) is 8.25. The normalized spacial score (nSPS) is 11.3. The van der Waals surface area contributed by atoms with Crippen molar-refractivity contribution in [3.05, 3.63) is 48.5 Å². The van der Waals surface area contributed by atoms with Gasteiger partial charge in [0, 0.05) is 10.8 Å². The van der Waals surface area contributed by atoms with Crippen molar-refractivity contribution >= 4 is 44.9 Å². The molecule has 0 atom stereocenters. The third-order valence-corrected chi connectivity index (χ3v) is 4.15. The van der Waals surface area contributed by atoms with Crippen LogP contribution in [0.5, 0.6) is 11.8 Å². The van der Waals surface area contributed by atoms with Crippen molar-refractivity contribution in [1.82, 2.24) is 15.4 Å². The van der Waals surface area contributed by atoms with Crippen molar-refractivity contribution in [2.45, 2.75) is 0 Å². The number of azo groups is 1. The number of anilines is 1. The molecule has 0 amide bonds. The molecular formula is C18H16N8O2. The van der Waals surface area contributed by atoms with Crippen LogP contribution in [0.1, 0.15) is 0 Å². The summed E-state index contributed by atoms with van der Waals surface area (Å²) in [5.41, 5.74) is 7.15. The lowest BCUT2D eigenvalue weighted by Crippen LogP contribution is -2.33. The van der Waals surface area contributed by atoms with Crippen molar-refractivity contribution < 1.29 is 10.2 Å². The maximum Gasteiger partial charge on any atom is 0.218 e. The van der Waals surface area contributed by atoms with Crippen LogP contribution in [0.2, 0.25) is 0 Å². The molecule has 10 nitrogen and oxygen atoms in total. The average Bonchev–Trinajstić information content (AvgIpc) is 3.19. The van der Waals surface area contributed by atoms with E-state index in [1.807, 2.05) is 18.2 Å². The predicted molar refractivity (Wildman–Crippen MR) is 107 cm³/mol. The van der Waals surface area contributed by atoms with Crippen LogP contribution >= 0.6 is 0 Å². The molecule has 140 valence electrons. The van der Waals surface area contributed by atoms with E-state index < -0.39 is 5.84 Å². The van der Waals surface area contributed by atoms with Crippen LogP contribution < -0.4 is 10.9 Å². The molecule has 2 heterocycles. The molecule has 8 N–H and O–H groups in total. The summed E-state index contributed by atoms with van der Waals surface area (Å²) in [6, 6.07) is 14.4. The summed E-state index contributed by atoms with van der Waals surface area (Å²) in [6.07, 6.45) is 0. The van der Waals surface area contributed by atoms with E-state index in [2.05, 4.69) is 31.0 Å². The van der Waals surface area contributed by atoms with E-state index in [0.29, 0.717) is 16.6 Å². The van der Waals surface area contributed by atoms with Crippen LogP contribution in [0.4, 0.5) is 11.4 Å². The number of para-hydroxylation sites is 2. The van der Waals surface area contributed by atoms with E-state index >= 15 is 0 Å². The highest BCUT2D eigenvalue weighted by Gasteiger charge is 2.13. The number of nitrogens with zero attached hydrogens (tertiary/aromatic N) is 2. The third kappa shape index (κ3) is 2.98. The Morgan fingerprint density at radius 2 is 1.46 bits per heavy atom. The number of aromatic nitrogens is 2. The van der Waals surface area contributed by atoms with Crippen LogP contribution in [0.15, 0.2) is 58.8 Å². The highest BCUT2D eigenvalue weighted by atomic mass is 16.3. The van der Waals surface area contributed by atoms with Crippen molar-refractivity contribution in [2.75, 3.05) is 5.43 Å². The van der Waals surface area contributed by atoms with Crippen LogP contribution in [0.3, 0.4) is 0 Å². The van der Waals surface area contributed by atoms with Gasteiger partial charge < -0.3 is 20.2 Å². The third-order valence-electron chi connectivity index (χ3n) is 4.15. The second-order valence-electron chi connectivity index (χ2n) is 5.94. The van der Waals surface area contributed by atoms with Gasteiger partial charge in [-0.1, -0.05) is 36.4 Å². The van der Waals surface area contributed by atoms with Crippen LogP contribution in [-0.2, 0) is 0 Å². The number of aromatic amines is 2. The molecule has 4 rings (SSSR count). The standard InChI is InChI=1S/C18H16N8O2/c19-15(25-23-13-9-5-1-3-7-11(9)21-17(13)27)16(20)26-24-14-10-6-2-4-8-12(10)22-18(14)28/h1-8,19,21-22,24,27-28H,(H2,20,26)/b19-15?,25-23+. The Kier molecular flexibility index (Phi) is 4.13. The molecule has 0 radical (unpaired) electrons. The van der Waals surface area contributed by atoms with Crippen LogP contribution in [-0.4, -0.2) is 31.9 Å². The fourth-order valence-electron chi connectivity index (χ4n) is 2.80. The van der Waals surface area contributed by atoms with Gasteiger partial charge in [-0.25, -0.2) is 0 Å². The largest absolute Gasteiger partial charge is 0.493 e. The molecule has 2 aromatic heterocycles. The molecule has 0 fully saturated rings. The number of benzene rings is 2. The van der Waals surface area contributed by atoms with Gasteiger partial charge in [0.2, 0.25) is 17.6 Å². The maximum atomic E-state index is 9.99. The molecule has 10 heteroatoms. The summed E-state index contributed by atoms with van der Waals surface area (Å²) >= 11 is 0. The van der Waals surface area contributed by atoms with Gasteiger partial charge in [-0.3, -0.25) is 21.7 Å². The minimum absolute atomic E-state index is 0.0987. The summed E-state index contributed by atoms with van der Waals surface area (Å²) in [5, 5.41) is 44.7. The number of aromatic hydroxyl groups is 2. The Morgan fingerprint density at radius 1 is 0.857 bits per heavy atom. The quantitative estimate of drug-likeness (QED) is 0.118. The molecule has 0 saturated heterocycles. The molecule has 0 bridgehead atoms. The van der Waals surface area contributed by atoms with E-state index in [1.54, 1.807) is 30.3 Å². The van der Waals surface area contributed by atoms with Gasteiger partial charge >= 0.3 is 0 Å². The summed E-state index contributed by atoms with van der Waals surface area (Å²) in [6.45, 7) is 0. The molecule has 4 aromatic rings. The first-order chi connectivity index (χ1) is 13.5. The van der Waals surface area contributed by atoms with Crippen molar-refractivity contribution in [1.29, 1.82) is 10.8 Å². The minimum Gasteiger partial charge on any atom is -0.493 e. The van der Waals surface area contributed by atoms with Gasteiger partial charge in [0.1, 0.15) is 5.69 Å². The SMILES string of the molecule is N=C(/N=N/c1c(O)[nH]c2ccccc12)C(=N)NNc1c(O)[nH]c2ccccc12. The highest BCUT2D eigenvalue weighted by Crippen LogP contribution is 2.35. The zero-order chi connectivity index (χ0) is 19.7. The number of fused-ring (bicyclic) bond motifs is 2. The lowest BCUT2D eigenvalue weighted by atomic mass is 10.2. The maximum absolute atomic E-state index is 9.99. The van der Waals surface area contributed by atoms with Crippen molar-refractivity contribution in [3.63, 3.8) is 0 Å². The number of nitrogens with one attached hydrogen (secondary N) is 6. The highest BCUT2D eigenvalue weighted by molar-refractivity contribution is 6.38. The van der Waals surface area contributed by atoms with Crippen molar-refractivity contribution in [3.8, 4) is 11.8 Å². The molecular weight excluding hydrogens is 360 g/mol. The minimum atomic E-state index is -0.462. The topological polar surface area (TPSA) is 169 Å². The smallest absolute Gasteiger partial charge is 0.218 e. The molecule has 0 saturated carbocycles. The van der Waals surface area contributed by atoms with Crippen LogP contribution in [0.25, 0.3) is 21.8 Å². The average molecular weight is 376 g/mol. The van der Waals surface area contributed by atoms with Gasteiger partial charge in [0.25, 0.3) is 0 Å². The van der Waals surface area contributed by atoms with E-state index in [4.69, 9.17) is 10.8 Å². The first-order valence-electron chi connectivity index (χ1n) is 8.25.